The first-order valence-corrected chi connectivity index (χ1v) is 6.26. The summed E-state index contributed by atoms with van der Waals surface area (Å²) in [7, 11) is 1.48. The summed E-state index contributed by atoms with van der Waals surface area (Å²) in [6.45, 7) is 2.41. The number of benzene rings is 1. The zero-order valence-electron chi connectivity index (χ0n) is 11.4. The van der Waals surface area contributed by atoms with Crippen LogP contribution in [0.3, 0.4) is 0 Å². The predicted molar refractivity (Wildman–Crippen MR) is 71.5 cm³/mol. The van der Waals surface area contributed by atoms with Gasteiger partial charge in [0.25, 0.3) is 0 Å². The number of hydrogen-bond acceptors (Lipinski definition) is 5. The lowest BCUT2D eigenvalue weighted by molar-refractivity contribution is -0.143. The number of ether oxygens (including phenoxy) is 2. The molecule has 1 aromatic carbocycles. The van der Waals surface area contributed by atoms with E-state index in [0.29, 0.717) is 30.2 Å². The molecule has 1 fully saturated rings. The van der Waals surface area contributed by atoms with E-state index in [1.165, 1.54) is 14.0 Å². The van der Waals surface area contributed by atoms with Crippen LogP contribution in [0.2, 0.25) is 0 Å². The van der Waals surface area contributed by atoms with E-state index in [1.54, 1.807) is 18.2 Å². The predicted octanol–water partition coefficient (Wildman–Crippen LogP) is 1.09. The summed E-state index contributed by atoms with van der Waals surface area (Å²) >= 11 is 0. The lowest BCUT2D eigenvalue weighted by atomic mass is 9.92. The molecule has 0 unspecified atom stereocenters. The number of methoxy groups -OCH3 is 1. The van der Waals surface area contributed by atoms with Crippen LogP contribution in [0.15, 0.2) is 18.2 Å². The van der Waals surface area contributed by atoms with E-state index < -0.39 is 11.6 Å². The van der Waals surface area contributed by atoms with Gasteiger partial charge in [0.1, 0.15) is 5.60 Å². The van der Waals surface area contributed by atoms with Gasteiger partial charge >= 0.3 is 5.97 Å². The summed E-state index contributed by atoms with van der Waals surface area (Å²) in [6, 6.07) is 4.87. The Morgan fingerprint density at radius 1 is 1.35 bits per heavy atom. The van der Waals surface area contributed by atoms with Gasteiger partial charge in [-0.25, -0.2) is 0 Å². The molecule has 20 heavy (non-hydrogen) atoms. The zero-order chi connectivity index (χ0) is 14.8. The van der Waals surface area contributed by atoms with E-state index >= 15 is 0 Å². The Labute approximate surface area is 116 Å². The molecule has 0 spiro atoms. The molecule has 0 radical (unpaired) electrons. The number of ketones is 1. The lowest BCUT2D eigenvalue weighted by Crippen LogP contribution is -2.64. The fourth-order valence-electron chi connectivity index (χ4n) is 2.12. The third-order valence-corrected chi connectivity index (χ3v) is 3.26. The number of rotatable bonds is 6. The molecule has 6 heteroatoms. The SMILES string of the molecule is COc1cc(C(C)=O)ccc1OC1(CC(=O)O)CNC1. The molecule has 1 aliphatic rings. The molecule has 0 bridgehead atoms. The van der Waals surface area contributed by atoms with Crippen LogP contribution < -0.4 is 14.8 Å². The van der Waals surface area contributed by atoms with E-state index in [0.717, 1.165) is 0 Å². The minimum Gasteiger partial charge on any atom is -0.493 e. The molecule has 1 aromatic rings. The molecule has 0 aliphatic carbocycles. The maximum absolute atomic E-state index is 11.3. The first kappa shape index (κ1) is 14.3. The van der Waals surface area contributed by atoms with Crippen molar-refractivity contribution in [3.05, 3.63) is 23.8 Å². The molecule has 2 N–H and O–H groups in total. The van der Waals surface area contributed by atoms with Crippen molar-refractivity contribution >= 4 is 11.8 Å². The van der Waals surface area contributed by atoms with E-state index in [-0.39, 0.29) is 12.2 Å². The Bertz CT molecular complexity index is 536. The summed E-state index contributed by atoms with van der Waals surface area (Å²) in [5.74, 6) is -0.110. The smallest absolute Gasteiger partial charge is 0.307 e. The molecule has 0 amide bonds. The van der Waals surface area contributed by atoms with Gasteiger partial charge in [-0.15, -0.1) is 0 Å². The van der Waals surface area contributed by atoms with Gasteiger partial charge in [0.2, 0.25) is 0 Å². The Morgan fingerprint density at radius 3 is 2.50 bits per heavy atom. The number of carboxylic acid groups (broad SMARTS) is 1. The molecule has 2 rings (SSSR count). The number of hydrogen-bond donors (Lipinski definition) is 2. The third kappa shape index (κ3) is 2.91. The maximum Gasteiger partial charge on any atom is 0.307 e. The summed E-state index contributed by atoms with van der Waals surface area (Å²) in [6.07, 6.45) is -0.0857. The molecule has 0 atom stereocenters. The topological polar surface area (TPSA) is 84.9 Å². The molecular weight excluding hydrogens is 262 g/mol. The van der Waals surface area contributed by atoms with E-state index in [4.69, 9.17) is 14.6 Å². The quantitative estimate of drug-likeness (QED) is 0.758. The number of carbonyl (C=O) groups is 2. The van der Waals surface area contributed by atoms with Gasteiger partial charge in [0.15, 0.2) is 17.3 Å². The van der Waals surface area contributed by atoms with Crippen molar-refractivity contribution in [3.63, 3.8) is 0 Å². The zero-order valence-corrected chi connectivity index (χ0v) is 11.4. The summed E-state index contributed by atoms with van der Waals surface area (Å²) in [5, 5.41) is 12.0. The molecule has 1 aliphatic heterocycles. The van der Waals surface area contributed by atoms with E-state index in [9.17, 15) is 9.59 Å². The van der Waals surface area contributed by atoms with Gasteiger partial charge in [-0.05, 0) is 25.1 Å². The molecule has 0 aromatic heterocycles. The van der Waals surface area contributed by atoms with Crippen LogP contribution in [-0.4, -0.2) is 42.7 Å². The Balaban J connectivity index is 2.24. The maximum atomic E-state index is 11.3. The minimum atomic E-state index is -0.911. The van der Waals surface area contributed by atoms with Crippen molar-refractivity contribution in [2.75, 3.05) is 20.2 Å². The molecular formula is C14H17NO5. The van der Waals surface area contributed by atoms with Crippen molar-refractivity contribution in [2.45, 2.75) is 18.9 Å². The second kappa shape index (κ2) is 5.50. The second-order valence-electron chi connectivity index (χ2n) is 4.88. The monoisotopic (exact) mass is 279 g/mol. The highest BCUT2D eigenvalue weighted by atomic mass is 16.5. The first-order chi connectivity index (χ1) is 9.46. The van der Waals surface area contributed by atoms with Crippen molar-refractivity contribution in [3.8, 4) is 11.5 Å². The van der Waals surface area contributed by atoms with Gasteiger partial charge in [0.05, 0.1) is 13.5 Å². The van der Waals surface area contributed by atoms with Crippen LogP contribution in [0, 0.1) is 0 Å². The summed E-state index contributed by atoms with van der Waals surface area (Å²) < 4.78 is 11.0. The average Bonchev–Trinajstić information content (AvgIpc) is 2.35. The Kier molecular flexibility index (Phi) is 3.94. The van der Waals surface area contributed by atoms with Crippen molar-refractivity contribution in [1.29, 1.82) is 0 Å². The fourth-order valence-corrected chi connectivity index (χ4v) is 2.12. The van der Waals surface area contributed by atoms with Crippen LogP contribution in [0.4, 0.5) is 0 Å². The van der Waals surface area contributed by atoms with Gasteiger partial charge in [0, 0.05) is 18.7 Å². The van der Waals surface area contributed by atoms with Gasteiger partial charge in [-0.1, -0.05) is 0 Å². The Morgan fingerprint density at radius 2 is 2.05 bits per heavy atom. The minimum absolute atomic E-state index is 0.0691. The summed E-state index contributed by atoms with van der Waals surface area (Å²) in [4.78, 5) is 22.3. The van der Waals surface area contributed by atoms with Gasteiger partial charge in [-0.2, -0.15) is 0 Å². The average molecular weight is 279 g/mol. The molecule has 6 nitrogen and oxygen atoms in total. The van der Waals surface area contributed by atoms with Crippen LogP contribution in [0.1, 0.15) is 23.7 Å². The number of Topliss-reactive ketones (excluding diaryl/α,β-unsaturated/α-hetero) is 1. The molecule has 1 saturated heterocycles. The van der Waals surface area contributed by atoms with Gasteiger partial charge < -0.3 is 19.9 Å². The van der Waals surface area contributed by atoms with E-state index in [1.807, 2.05) is 0 Å². The third-order valence-electron chi connectivity index (χ3n) is 3.26. The normalized spacial score (nSPS) is 16.1. The number of carboxylic acids is 1. The highest BCUT2D eigenvalue weighted by Crippen LogP contribution is 2.33. The Hall–Kier alpha value is -2.08. The van der Waals surface area contributed by atoms with Crippen molar-refractivity contribution in [1.82, 2.24) is 5.32 Å². The number of aliphatic carboxylic acids is 1. The number of nitrogens with one attached hydrogen (secondary N) is 1. The summed E-state index contributed by atoms with van der Waals surface area (Å²) in [5.41, 5.74) is -0.232. The lowest BCUT2D eigenvalue weighted by Gasteiger charge is -2.41. The largest absolute Gasteiger partial charge is 0.493 e. The van der Waals surface area contributed by atoms with Crippen LogP contribution >= 0.6 is 0 Å². The van der Waals surface area contributed by atoms with E-state index in [2.05, 4.69) is 5.32 Å². The highest BCUT2D eigenvalue weighted by molar-refractivity contribution is 5.94. The standard InChI is InChI=1S/C14H17NO5/c1-9(16)10-3-4-11(12(5-10)19-2)20-14(6-13(17)18)7-15-8-14/h3-5,15H,6-8H2,1-2H3,(H,17,18). The van der Waals surface area contributed by atoms with Crippen molar-refractivity contribution < 1.29 is 24.2 Å². The highest BCUT2D eigenvalue weighted by Gasteiger charge is 2.42. The van der Waals surface area contributed by atoms with Crippen LogP contribution in [-0.2, 0) is 4.79 Å². The van der Waals surface area contributed by atoms with Gasteiger partial charge in [-0.3, -0.25) is 9.59 Å². The fraction of sp³-hybridized carbons (Fsp3) is 0.429. The molecule has 1 heterocycles. The van der Waals surface area contributed by atoms with Crippen molar-refractivity contribution in [2.24, 2.45) is 0 Å². The van der Waals surface area contributed by atoms with Crippen LogP contribution in [0.25, 0.3) is 0 Å². The first-order valence-electron chi connectivity index (χ1n) is 6.26. The van der Waals surface area contributed by atoms with Crippen LogP contribution in [0.5, 0.6) is 11.5 Å². The number of carbonyl (C=O) groups excluding carboxylic acids is 1. The molecule has 108 valence electrons. The molecule has 0 saturated carbocycles. The second-order valence-corrected chi connectivity index (χ2v) is 4.88.